The first-order chi connectivity index (χ1) is 11.3. The zero-order chi connectivity index (χ0) is 17.2. The Morgan fingerprint density at radius 3 is 2.96 bits per heavy atom. The molecule has 130 valence electrons. The van der Waals surface area contributed by atoms with Gasteiger partial charge in [-0.05, 0) is 6.92 Å². The molecule has 2 aromatic heterocycles. The molecule has 2 fully saturated rings. The average molecular weight is 359 g/mol. The van der Waals surface area contributed by atoms with E-state index in [0.29, 0.717) is 5.82 Å². The topological polar surface area (TPSA) is 175 Å². The van der Waals surface area contributed by atoms with E-state index in [1.165, 1.54) is 4.57 Å². The zero-order valence-corrected chi connectivity index (χ0v) is 13.2. The van der Waals surface area contributed by atoms with Gasteiger partial charge < -0.3 is 20.5 Å². The van der Waals surface area contributed by atoms with E-state index in [1.54, 1.807) is 6.92 Å². The molecule has 5 N–H and O–H groups in total. The van der Waals surface area contributed by atoms with Crippen molar-refractivity contribution in [2.24, 2.45) is 0 Å². The molecule has 12 nitrogen and oxygen atoms in total. The van der Waals surface area contributed by atoms with Crippen LogP contribution in [0.5, 0.6) is 0 Å². The van der Waals surface area contributed by atoms with Crippen LogP contribution in [0.1, 0.15) is 12.1 Å². The van der Waals surface area contributed by atoms with E-state index < -0.39 is 37.9 Å². The van der Waals surface area contributed by atoms with Crippen LogP contribution in [-0.2, 0) is 18.3 Å². The van der Waals surface area contributed by atoms with Gasteiger partial charge in [0, 0.05) is 0 Å². The maximum absolute atomic E-state index is 11.9. The fraction of sp³-hybridized carbons (Fsp3) is 0.545. The Hall–Kier alpha value is -1.82. The number of hydrogen-bond acceptors (Lipinski definition) is 9. The molecule has 2 aliphatic heterocycles. The number of nitrogen functional groups attached to an aromatic ring is 1. The number of H-pyrrole nitrogens is 1. The second kappa shape index (κ2) is 5.09. The van der Waals surface area contributed by atoms with Crippen LogP contribution in [-0.4, -0.2) is 54.4 Å². The summed E-state index contributed by atoms with van der Waals surface area (Å²) in [4.78, 5) is 31.8. The van der Waals surface area contributed by atoms with E-state index in [1.807, 2.05) is 0 Å². The van der Waals surface area contributed by atoms with E-state index in [0.717, 1.165) is 0 Å². The molecule has 0 aliphatic carbocycles. The third-order valence-corrected chi connectivity index (χ3v) is 4.95. The number of nitrogens with zero attached hydrogens (tertiary/aromatic N) is 3. The molecule has 0 amide bonds. The SMILES string of the molecule is Cc1nc2c(=O)[nH]c(N)nc2n1C1O[C@@H]2COP(=O)(O)O[C@@H]2[C@@H]1O. The standard InChI is InChI=1S/C11H14N5O7P/c1-3-13-5-8(14-11(12)15-9(5)18)16(3)10-6(17)7-4(22-10)2-21-24(19,20)23-7/h4,6-7,10,17H,2H2,1H3,(H,19,20)(H3,12,14,15,18)/t4-,6+,7+,10?/m1/s1. The number of aromatic nitrogens is 4. The minimum absolute atomic E-state index is 0.0392. The molecule has 2 aliphatic rings. The van der Waals surface area contributed by atoms with Crippen LogP contribution in [0.15, 0.2) is 4.79 Å². The lowest BCUT2D eigenvalue weighted by atomic mass is 10.1. The van der Waals surface area contributed by atoms with Crippen molar-refractivity contribution >= 4 is 24.9 Å². The number of anilines is 1. The van der Waals surface area contributed by atoms with E-state index in [-0.39, 0.29) is 23.7 Å². The second-order valence-corrected chi connectivity index (χ2v) is 6.95. The number of ether oxygens (including phenoxy) is 1. The summed E-state index contributed by atoms with van der Waals surface area (Å²) in [6.45, 7) is 1.39. The van der Waals surface area contributed by atoms with Crippen molar-refractivity contribution in [3.63, 3.8) is 0 Å². The Morgan fingerprint density at radius 1 is 1.46 bits per heavy atom. The first kappa shape index (κ1) is 15.7. The van der Waals surface area contributed by atoms with Gasteiger partial charge in [-0.25, -0.2) is 9.55 Å². The smallest absolute Gasteiger partial charge is 0.386 e. The summed E-state index contributed by atoms with van der Waals surface area (Å²) < 4.78 is 28.2. The largest absolute Gasteiger partial charge is 0.472 e. The molecule has 4 heterocycles. The lowest BCUT2D eigenvalue weighted by molar-refractivity contribution is -0.0669. The summed E-state index contributed by atoms with van der Waals surface area (Å²) in [5.41, 5.74) is 5.21. The number of aryl methyl sites for hydroxylation is 1. The van der Waals surface area contributed by atoms with Crippen molar-refractivity contribution in [3.05, 3.63) is 16.2 Å². The molecule has 13 heteroatoms. The van der Waals surface area contributed by atoms with Gasteiger partial charge in [0.05, 0.1) is 6.61 Å². The molecule has 2 unspecified atom stereocenters. The summed E-state index contributed by atoms with van der Waals surface area (Å²) in [5.74, 6) is 0.238. The Labute approximate surface area is 133 Å². The van der Waals surface area contributed by atoms with Crippen molar-refractivity contribution < 1.29 is 28.3 Å². The summed E-state index contributed by atoms with van der Waals surface area (Å²) in [5, 5.41) is 10.5. The highest BCUT2D eigenvalue weighted by Gasteiger charge is 2.53. The first-order valence-corrected chi connectivity index (χ1v) is 8.50. The van der Waals surface area contributed by atoms with Crippen LogP contribution >= 0.6 is 7.82 Å². The number of aliphatic hydroxyl groups is 1. The minimum atomic E-state index is -4.23. The third-order valence-electron chi connectivity index (χ3n) is 3.97. The molecule has 5 atom stereocenters. The highest BCUT2D eigenvalue weighted by Crippen LogP contribution is 2.52. The molecule has 0 aromatic carbocycles. The number of aliphatic hydroxyl groups excluding tert-OH is 1. The Bertz CT molecular complexity index is 925. The van der Waals surface area contributed by atoms with Gasteiger partial charge in [-0.1, -0.05) is 0 Å². The van der Waals surface area contributed by atoms with Crippen molar-refractivity contribution in [3.8, 4) is 0 Å². The molecule has 2 aromatic rings. The average Bonchev–Trinajstić information content (AvgIpc) is 2.96. The van der Waals surface area contributed by atoms with Gasteiger partial charge in [0.1, 0.15) is 24.1 Å². The lowest BCUT2D eigenvalue weighted by Crippen LogP contribution is -2.39. The molecule has 4 rings (SSSR count). The van der Waals surface area contributed by atoms with Crippen molar-refractivity contribution in [1.29, 1.82) is 0 Å². The number of aromatic amines is 1. The van der Waals surface area contributed by atoms with Gasteiger partial charge >= 0.3 is 7.82 Å². The minimum Gasteiger partial charge on any atom is -0.386 e. The fourth-order valence-corrected chi connectivity index (χ4v) is 3.93. The van der Waals surface area contributed by atoms with Crippen molar-refractivity contribution in [2.75, 3.05) is 12.3 Å². The number of rotatable bonds is 1. The second-order valence-electron chi connectivity index (χ2n) is 5.54. The number of phosphoric ester groups is 1. The van der Waals surface area contributed by atoms with Crippen LogP contribution in [0, 0.1) is 6.92 Å². The van der Waals surface area contributed by atoms with Crippen LogP contribution in [0.3, 0.4) is 0 Å². The molecule has 2 saturated heterocycles. The molecule has 0 spiro atoms. The first-order valence-electron chi connectivity index (χ1n) is 7.00. The molecule has 24 heavy (non-hydrogen) atoms. The molecule has 0 radical (unpaired) electrons. The summed E-state index contributed by atoms with van der Waals surface area (Å²) >= 11 is 0. The van der Waals surface area contributed by atoms with E-state index >= 15 is 0 Å². The van der Waals surface area contributed by atoms with E-state index in [9.17, 15) is 19.4 Å². The van der Waals surface area contributed by atoms with Gasteiger partial charge in [-0.15, -0.1) is 0 Å². The van der Waals surface area contributed by atoms with Gasteiger partial charge in [0.15, 0.2) is 17.4 Å². The van der Waals surface area contributed by atoms with E-state index in [4.69, 9.17) is 15.0 Å². The number of nitrogens with two attached hydrogens (primary N) is 1. The van der Waals surface area contributed by atoms with Crippen LogP contribution in [0.2, 0.25) is 0 Å². The Kier molecular flexibility index (Phi) is 3.33. The Balaban J connectivity index is 1.80. The van der Waals surface area contributed by atoms with Crippen molar-refractivity contribution in [2.45, 2.75) is 31.5 Å². The molecule has 0 saturated carbocycles. The maximum Gasteiger partial charge on any atom is 0.472 e. The number of hydrogen-bond donors (Lipinski definition) is 4. The lowest BCUT2D eigenvalue weighted by Gasteiger charge is -2.27. The van der Waals surface area contributed by atoms with Gasteiger partial charge in [0.2, 0.25) is 5.95 Å². The molecular formula is C11H14N5O7P. The predicted molar refractivity (Wildman–Crippen MR) is 77.9 cm³/mol. The number of nitrogens with one attached hydrogen (secondary N) is 1. The quantitative estimate of drug-likeness (QED) is 0.452. The molecule has 0 bridgehead atoms. The third kappa shape index (κ3) is 2.27. The van der Waals surface area contributed by atoms with Crippen LogP contribution in [0.4, 0.5) is 5.95 Å². The van der Waals surface area contributed by atoms with Crippen LogP contribution in [0.25, 0.3) is 11.2 Å². The summed E-state index contributed by atoms with van der Waals surface area (Å²) in [7, 11) is -4.23. The number of fused-ring (bicyclic) bond motifs is 2. The Morgan fingerprint density at radius 2 is 2.21 bits per heavy atom. The maximum atomic E-state index is 11.9. The van der Waals surface area contributed by atoms with E-state index in [2.05, 4.69) is 19.5 Å². The number of imidazole rings is 1. The van der Waals surface area contributed by atoms with Crippen LogP contribution < -0.4 is 11.3 Å². The van der Waals surface area contributed by atoms with Crippen molar-refractivity contribution in [1.82, 2.24) is 19.5 Å². The highest BCUT2D eigenvalue weighted by atomic mass is 31.2. The predicted octanol–water partition coefficient (Wildman–Crippen LogP) is -1.22. The monoisotopic (exact) mass is 359 g/mol. The van der Waals surface area contributed by atoms with Gasteiger partial charge in [-0.3, -0.25) is 23.4 Å². The molecular weight excluding hydrogens is 345 g/mol. The highest BCUT2D eigenvalue weighted by molar-refractivity contribution is 7.47. The normalized spacial score (nSPS) is 36.1. The summed E-state index contributed by atoms with van der Waals surface area (Å²) in [6, 6.07) is 0. The zero-order valence-electron chi connectivity index (χ0n) is 12.3. The fourth-order valence-electron chi connectivity index (χ4n) is 2.96. The number of phosphoric acid groups is 1. The van der Waals surface area contributed by atoms with Gasteiger partial charge in [-0.2, -0.15) is 4.98 Å². The summed E-state index contributed by atoms with van der Waals surface area (Å²) in [6.07, 6.45) is -4.13. The van der Waals surface area contributed by atoms with Gasteiger partial charge in [0.25, 0.3) is 5.56 Å².